The molecule has 0 spiro atoms. The average molecular weight is 534 g/mol. The first-order valence-corrected chi connectivity index (χ1v) is 14.7. The van der Waals surface area contributed by atoms with E-state index in [1.807, 2.05) is 42.6 Å². The number of hydrazone groups is 1. The zero-order valence-electron chi connectivity index (χ0n) is 23.3. The number of nitrogens with one attached hydrogen (secondary N) is 1. The molecular formula is C32H43N3O4. The number of esters is 1. The lowest BCUT2D eigenvalue weighted by atomic mass is 9.93. The minimum atomic E-state index is -0.173. The third-order valence-corrected chi connectivity index (χ3v) is 7.39. The summed E-state index contributed by atoms with van der Waals surface area (Å²) in [4.78, 5) is 25.3. The highest BCUT2D eigenvalue weighted by Crippen LogP contribution is 2.30. The molecular weight excluding hydrogens is 490 g/mol. The molecule has 0 aromatic heterocycles. The summed E-state index contributed by atoms with van der Waals surface area (Å²) in [6.45, 7) is 5.21. The second-order valence-corrected chi connectivity index (χ2v) is 10.7. The van der Waals surface area contributed by atoms with Crippen LogP contribution in [0.3, 0.4) is 0 Å². The van der Waals surface area contributed by atoms with Crippen molar-refractivity contribution < 1.29 is 19.1 Å². The van der Waals surface area contributed by atoms with Gasteiger partial charge in [0.05, 0.1) is 25.8 Å². The molecule has 0 radical (unpaired) electrons. The number of anilines is 1. The summed E-state index contributed by atoms with van der Waals surface area (Å²) >= 11 is 0. The predicted octanol–water partition coefficient (Wildman–Crippen LogP) is 6.60. The lowest BCUT2D eigenvalue weighted by Crippen LogP contribution is -2.25. The van der Waals surface area contributed by atoms with Crippen LogP contribution in [0, 0.1) is 5.92 Å². The van der Waals surface area contributed by atoms with Crippen molar-refractivity contribution in [1.29, 1.82) is 0 Å². The molecule has 1 amide bonds. The van der Waals surface area contributed by atoms with E-state index < -0.39 is 0 Å². The Morgan fingerprint density at radius 1 is 1.03 bits per heavy atom. The van der Waals surface area contributed by atoms with Crippen molar-refractivity contribution in [2.24, 2.45) is 11.0 Å². The third kappa shape index (κ3) is 9.41. The molecule has 2 aliphatic heterocycles. The van der Waals surface area contributed by atoms with Crippen LogP contribution in [-0.2, 0) is 16.0 Å². The van der Waals surface area contributed by atoms with E-state index in [0.717, 1.165) is 48.5 Å². The van der Waals surface area contributed by atoms with Crippen molar-refractivity contribution in [3.8, 4) is 5.75 Å². The Morgan fingerprint density at radius 2 is 1.79 bits per heavy atom. The summed E-state index contributed by atoms with van der Waals surface area (Å²) in [6.07, 6.45) is 13.6. The number of carbonyl (C=O) groups is 2. The van der Waals surface area contributed by atoms with Crippen molar-refractivity contribution >= 4 is 23.8 Å². The molecule has 210 valence electrons. The van der Waals surface area contributed by atoms with Crippen LogP contribution >= 0.6 is 0 Å². The minimum Gasteiger partial charge on any atom is -0.493 e. The third-order valence-electron chi connectivity index (χ3n) is 7.39. The van der Waals surface area contributed by atoms with Gasteiger partial charge in [0.1, 0.15) is 5.75 Å². The molecule has 2 aromatic rings. The highest BCUT2D eigenvalue weighted by molar-refractivity contribution is 6.04. The Labute approximate surface area is 233 Å². The number of piperidine rings is 1. The van der Waals surface area contributed by atoms with Gasteiger partial charge in [-0.1, -0.05) is 51.2 Å². The van der Waals surface area contributed by atoms with Crippen molar-refractivity contribution in [1.82, 2.24) is 5.01 Å². The van der Waals surface area contributed by atoms with Crippen LogP contribution in [0.5, 0.6) is 5.75 Å². The van der Waals surface area contributed by atoms with E-state index >= 15 is 0 Å². The van der Waals surface area contributed by atoms with Gasteiger partial charge in [0.25, 0.3) is 5.91 Å². The average Bonchev–Trinajstić information content (AvgIpc) is 2.96. The van der Waals surface area contributed by atoms with Crippen LogP contribution in [0.4, 0.5) is 5.69 Å². The highest BCUT2D eigenvalue weighted by Gasteiger charge is 2.24. The number of nitrogens with zero attached hydrogens (tertiary/aromatic N) is 2. The minimum absolute atomic E-state index is 0.0482. The summed E-state index contributed by atoms with van der Waals surface area (Å²) in [5, 5.41) is 9.66. The fourth-order valence-electron chi connectivity index (χ4n) is 5.09. The predicted molar refractivity (Wildman–Crippen MR) is 155 cm³/mol. The molecule has 2 aromatic carbocycles. The molecule has 1 saturated heterocycles. The van der Waals surface area contributed by atoms with Gasteiger partial charge in [-0.25, -0.2) is 0 Å². The van der Waals surface area contributed by atoms with E-state index in [2.05, 4.69) is 22.4 Å². The number of hydrogen-bond acceptors (Lipinski definition) is 6. The maximum absolute atomic E-state index is 12.9. The molecule has 2 aliphatic rings. The molecule has 0 aliphatic carbocycles. The molecule has 7 heteroatoms. The monoisotopic (exact) mass is 533 g/mol. The van der Waals surface area contributed by atoms with E-state index in [1.54, 1.807) is 6.07 Å². The smallest absolute Gasteiger partial charge is 0.306 e. The molecule has 1 N–H and O–H groups in total. The van der Waals surface area contributed by atoms with E-state index in [1.165, 1.54) is 44.9 Å². The Balaban J connectivity index is 1.23. The maximum Gasteiger partial charge on any atom is 0.306 e. The van der Waals surface area contributed by atoms with Crippen LogP contribution in [-0.4, -0.2) is 49.4 Å². The van der Waals surface area contributed by atoms with Crippen LogP contribution in [0.25, 0.3) is 0 Å². The van der Waals surface area contributed by atoms with Crippen LogP contribution in [0.2, 0.25) is 0 Å². The normalized spacial score (nSPS) is 16.9. The fraction of sp³-hybridized carbons (Fsp3) is 0.531. The summed E-state index contributed by atoms with van der Waals surface area (Å²) in [5.74, 6) is 0.486. The number of unbranched alkanes of at least 4 members (excludes halogenated alkanes) is 5. The van der Waals surface area contributed by atoms with Gasteiger partial charge in [-0.05, 0) is 73.6 Å². The molecule has 1 atom stereocenters. The molecule has 1 fully saturated rings. The van der Waals surface area contributed by atoms with Crippen molar-refractivity contribution in [2.45, 2.75) is 77.6 Å². The lowest BCUT2D eigenvalue weighted by molar-refractivity contribution is -0.145. The molecule has 1 unspecified atom stereocenters. The van der Waals surface area contributed by atoms with Crippen LogP contribution < -0.4 is 10.1 Å². The second-order valence-electron chi connectivity index (χ2n) is 10.7. The van der Waals surface area contributed by atoms with Gasteiger partial charge in [-0.3, -0.25) is 14.6 Å². The first-order chi connectivity index (χ1) is 19.1. The largest absolute Gasteiger partial charge is 0.493 e. The number of amides is 1. The van der Waals surface area contributed by atoms with Gasteiger partial charge < -0.3 is 14.8 Å². The summed E-state index contributed by atoms with van der Waals surface area (Å²) in [6, 6.07) is 13.2. The molecule has 0 bridgehead atoms. The quantitative estimate of drug-likeness (QED) is 0.178. The summed E-state index contributed by atoms with van der Waals surface area (Å²) in [5.41, 5.74) is 3.25. The fourth-order valence-corrected chi connectivity index (χ4v) is 5.09. The Bertz CT molecular complexity index is 1090. The van der Waals surface area contributed by atoms with E-state index in [9.17, 15) is 9.59 Å². The lowest BCUT2D eigenvalue weighted by Gasteiger charge is -2.25. The maximum atomic E-state index is 12.9. The molecule has 0 saturated carbocycles. The van der Waals surface area contributed by atoms with Crippen molar-refractivity contribution in [2.75, 3.05) is 31.6 Å². The van der Waals surface area contributed by atoms with Gasteiger partial charge in [-0.2, -0.15) is 5.10 Å². The Morgan fingerprint density at radius 3 is 2.59 bits per heavy atom. The van der Waals surface area contributed by atoms with Crippen LogP contribution in [0.1, 0.15) is 92.6 Å². The Hall–Kier alpha value is -3.35. The SMILES string of the molecule is CCCCCCCCOC(=O)CC1COc2ccc(C(=O)Nc3ccc(C=NN4CCCCC4)cc3)cc2C1. The number of ether oxygens (including phenoxy) is 2. The molecule has 2 heterocycles. The molecule has 4 rings (SSSR count). The topological polar surface area (TPSA) is 80.2 Å². The van der Waals surface area contributed by atoms with Gasteiger partial charge in [0.2, 0.25) is 0 Å². The summed E-state index contributed by atoms with van der Waals surface area (Å²) in [7, 11) is 0. The first kappa shape index (κ1) is 28.7. The van der Waals surface area contributed by atoms with Crippen molar-refractivity contribution in [3.63, 3.8) is 0 Å². The van der Waals surface area contributed by atoms with E-state index in [4.69, 9.17) is 9.47 Å². The van der Waals surface area contributed by atoms with Gasteiger partial charge in [0, 0.05) is 30.3 Å². The number of hydrogen-bond donors (Lipinski definition) is 1. The number of carbonyl (C=O) groups excluding carboxylic acids is 2. The van der Waals surface area contributed by atoms with Crippen molar-refractivity contribution in [3.05, 3.63) is 59.2 Å². The second kappa shape index (κ2) is 15.3. The van der Waals surface area contributed by atoms with Gasteiger partial charge >= 0.3 is 5.97 Å². The number of fused-ring (bicyclic) bond motifs is 1. The number of benzene rings is 2. The molecule has 7 nitrogen and oxygen atoms in total. The van der Waals surface area contributed by atoms with Crippen LogP contribution in [0.15, 0.2) is 47.6 Å². The summed E-state index contributed by atoms with van der Waals surface area (Å²) < 4.78 is 11.3. The van der Waals surface area contributed by atoms with E-state index in [-0.39, 0.29) is 17.8 Å². The zero-order valence-corrected chi connectivity index (χ0v) is 23.3. The van der Waals surface area contributed by atoms with Gasteiger partial charge in [-0.15, -0.1) is 0 Å². The Kier molecular flexibility index (Phi) is 11.2. The molecule has 39 heavy (non-hydrogen) atoms. The standard InChI is InChI=1S/C32H43N3O4/c1-2-3-4-5-6-10-19-38-31(36)21-26-20-28-22-27(13-16-30(28)39-24-26)32(37)34-29-14-11-25(12-15-29)23-33-35-17-8-7-9-18-35/h11-16,22-23,26H,2-10,17-21,24H2,1H3,(H,34,37). The number of rotatable bonds is 13. The zero-order chi connectivity index (χ0) is 27.3. The first-order valence-electron chi connectivity index (χ1n) is 14.7. The highest BCUT2D eigenvalue weighted by atomic mass is 16.5. The van der Waals surface area contributed by atoms with Gasteiger partial charge in [0.15, 0.2) is 0 Å². The van der Waals surface area contributed by atoms with E-state index in [0.29, 0.717) is 31.6 Å².